The molecule has 1 rings (SSSR count). The van der Waals surface area contributed by atoms with Gasteiger partial charge in [-0.1, -0.05) is 25.1 Å². The topological polar surface area (TPSA) is 35.8 Å². The zero-order valence-corrected chi connectivity index (χ0v) is 11.0. The lowest BCUT2D eigenvalue weighted by Crippen LogP contribution is -2.31. The predicted octanol–water partition coefficient (Wildman–Crippen LogP) is 4.05. The average molecular weight is 270 g/mol. The largest absolute Gasteiger partial charge is 0.416 e. The Morgan fingerprint density at radius 3 is 2.47 bits per heavy atom. The average Bonchev–Trinajstić information content (AvgIpc) is 2.37. The van der Waals surface area contributed by atoms with Crippen LogP contribution < -0.4 is 5.32 Å². The van der Waals surface area contributed by atoms with Gasteiger partial charge in [0.15, 0.2) is 0 Å². The first kappa shape index (κ1) is 15.5. The number of halogens is 3. The Hall–Kier alpha value is -1.54. The van der Waals surface area contributed by atoms with Crippen LogP contribution in [0, 0.1) is 11.3 Å². The zero-order valence-electron chi connectivity index (χ0n) is 11.0. The first-order valence-corrected chi connectivity index (χ1v) is 6.19. The first-order valence-electron chi connectivity index (χ1n) is 6.19. The normalized spacial score (nSPS) is 14.7. The van der Waals surface area contributed by atoms with Crippen molar-refractivity contribution < 1.29 is 13.2 Å². The molecule has 1 N–H and O–H groups in total. The SMILES string of the molecule is CCC(CC#N)NC(C)c1ccccc1C(F)(F)F. The molecule has 104 valence electrons. The van der Waals surface area contributed by atoms with Crippen molar-refractivity contribution in [3.63, 3.8) is 0 Å². The maximum absolute atomic E-state index is 12.9. The Balaban J connectivity index is 2.94. The van der Waals surface area contributed by atoms with Gasteiger partial charge >= 0.3 is 6.18 Å². The highest BCUT2D eigenvalue weighted by Crippen LogP contribution is 2.34. The number of nitrogens with one attached hydrogen (secondary N) is 1. The van der Waals surface area contributed by atoms with E-state index in [1.165, 1.54) is 12.1 Å². The molecule has 2 unspecified atom stereocenters. The van der Waals surface area contributed by atoms with Gasteiger partial charge in [-0.3, -0.25) is 0 Å². The second-order valence-electron chi connectivity index (χ2n) is 4.44. The minimum atomic E-state index is -4.36. The van der Waals surface area contributed by atoms with Crippen LogP contribution in [0.3, 0.4) is 0 Å². The molecule has 0 radical (unpaired) electrons. The minimum Gasteiger partial charge on any atom is -0.306 e. The van der Waals surface area contributed by atoms with E-state index in [0.717, 1.165) is 6.07 Å². The molecule has 0 bridgehead atoms. The Bertz CT molecular complexity index is 449. The molecule has 1 aromatic carbocycles. The van der Waals surface area contributed by atoms with E-state index in [2.05, 4.69) is 5.32 Å². The van der Waals surface area contributed by atoms with Crippen molar-refractivity contribution in [2.45, 2.75) is 44.9 Å². The Kier molecular flexibility index (Phi) is 5.37. The molecule has 0 aromatic heterocycles. The summed E-state index contributed by atoms with van der Waals surface area (Å²) in [5.74, 6) is 0. The molecule has 0 saturated carbocycles. The van der Waals surface area contributed by atoms with Crippen LogP contribution in [0.25, 0.3) is 0 Å². The van der Waals surface area contributed by atoms with Crippen molar-refractivity contribution in [1.29, 1.82) is 5.26 Å². The number of nitriles is 1. The summed E-state index contributed by atoms with van der Waals surface area (Å²) in [7, 11) is 0. The van der Waals surface area contributed by atoms with Crippen molar-refractivity contribution in [3.05, 3.63) is 35.4 Å². The summed E-state index contributed by atoms with van der Waals surface area (Å²) in [5.41, 5.74) is -0.409. The summed E-state index contributed by atoms with van der Waals surface area (Å²) in [6.45, 7) is 3.59. The van der Waals surface area contributed by atoms with Gasteiger partial charge in [-0.05, 0) is 25.0 Å². The highest BCUT2D eigenvalue weighted by atomic mass is 19.4. The first-order chi connectivity index (χ1) is 8.90. The minimum absolute atomic E-state index is 0.0960. The number of nitrogens with zero attached hydrogens (tertiary/aromatic N) is 1. The van der Waals surface area contributed by atoms with Gasteiger partial charge in [-0.2, -0.15) is 18.4 Å². The summed E-state index contributed by atoms with van der Waals surface area (Å²) in [6, 6.07) is 7.02. The molecule has 0 heterocycles. The molecule has 0 fully saturated rings. The maximum Gasteiger partial charge on any atom is 0.416 e. The molecule has 1 aromatic rings. The number of alkyl halides is 3. The smallest absolute Gasteiger partial charge is 0.306 e. The summed E-state index contributed by atoms with van der Waals surface area (Å²) in [4.78, 5) is 0. The third kappa shape index (κ3) is 4.25. The van der Waals surface area contributed by atoms with Crippen molar-refractivity contribution in [2.24, 2.45) is 0 Å². The molecule has 0 aliphatic heterocycles. The third-order valence-electron chi connectivity index (χ3n) is 3.05. The van der Waals surface area contributed by atoms with Crippen molar-refractivity contribution in [2.75, 3.05) is 0 Å². The summed E-state index contributed by atoms with van der Waals surface area (Å²) < 4.78 is 38.7. The van der Waals surface area contributed by atoms with E-state index in [0.29, 0.717) is 6.42 Å². The van der Waals surface area contributed by atoms with E-state index in [9.17, 15) is 13.2 Å². The molecule has 2 atom stereocenters. The van der Waals surface area contributed by atoms with E-state index in [1.807, 2.05) is 13.0 Å². The predicted molar refractivity (Wildman–Crippen MR) is 67.3 cm³/mol. The van der Waals surface area contributed by atoms with Crippen molar-refractivity contribution >= 4 is 0 Å². The molecular weight excluding hydrogens is 253 g/mol. The summed E-state index contributed by atoms with van der Waals surface area (Å²) in [5, 5.41) is 11.7. The van der Waals surface area contributed by atoms with Crippen LogP contribution in [0.1, 0.15) is 43.9 Å². The Morgan fingerprint density at radius 2 is 1.95 bits per heavy atom. The van der Waals surface area contributed by atoms with E-state index >= 15 is 0 Å². The molecule has 0 aliphatic carbocycles. The van der Waals surface area contributed by atoms with Crippen LogP contribution in [-0.2, 0) is 6.18 Å². The number of hydrogen-bond acceptors (Lipinski definition) is 2. The highest BCUT2D eigenvalue weighted by molar-refractivity contribution is 5.32. The van der Waals surface area contributed by atoms with Crippen LogP contribution in [0.2, 0.25) is 0 Å². The van der Waals surface area contributed by atoms with Crippen LogP contribution >= 0.6 is 0 Å². The van der Waals surface area contributed by atoms with Gasteiger partial charge in [0.05, 0.1) is 18.1 Å². The lowest BCUT2D eigenvalue weighted by atomic mass is 9.99. The number of rotatable bonds is 5. The summed E-state index contributed by atoms with van der Waals surface area (Å²) >= 11 is 0. The quantitative estimate of drug-likeness (QED) is 0.876. The fourth-order valence-corrected chi connectivity index (χ4v) is 2.01. The van der Waals surface area contributed by atoms with Gasteiger partial charge in [0.1, 0.15) is 0 Å². The molecule has 0 amide bonds. The summed E-state index contributed by atoms with van der Waals surface area (Å²) in [6.07, 6.45) is -3.37. The molecular formula is C14H17F3N2. The van der Waals surface area contributed by atoms with E-state index in [4.69, 9.17) is 5.26 Å². The van der Waals surface area contributed by atoms with Gasteiger partial charge in [0.2, 0.25) is 0 Å². The van der Waals surface area contributed by atoms with Crippen molar-refractivity contribution in [3.8, 4) is 6.07 Å². The van der Waals surface area contributed by atoms with Crippen molar-refractivity contribution in [1.82, 2.24) is 5.32 Å². The maximum atomic E-state index is 12.9. The molecule has 0 saturated heterocycles. The standard InChI is InChI=1S/C14H17F3N2/c1-3-11(8-9-18)19-10(2)12-6-4-5-7-13(12)14(15,16)17/h4-7,10-11,19H,3,8H2,1-2H3. The fourth-order valence-electron chi connectivity index (χ4n) is 2.01. The van der Waals surface area contributed by atoms with Crippen LogP contribution in [0.5, 0.6) is 0 Å². The molecule has 5 heteroatoms. The Morgan fingerprint density at radius 1 is 1.32 bits per heavy atom. The number of hydrogen-bond donors (Lipinski definition) is 1. The lowest BCUT2D eigenvalue weighted by molar-refractivity contribution is -0.138. The van der Waals surface area contributed by atoms with Gasteiger partial charge in [-0.25, -0.2) is 0 Å². The molecule has 19 heavy (non-hydrogen) atoms. The lowest BCUT2D eigenvalue weighted by Gasteiger charge is -2.23. The molecule has 2 nitrogen and oxygen atoms in total. The Labute approximate surface area is 111 Å². The second-order valence-corrected chi connectivity index (χ2v) is 4.44. The molecule has 0 aliphatic rings. The van der Waals surface area contributed by atoms with Gasteiger partial charge in [-0.15, -0.1) is 0 Å². The van der Waals surface area contributed by atoms with Gasteiger partial charge in [0.25, 0.3) is 0 Å². The van der Waals surface area contributed by atoms with E-state index < -0.39 is 17.8 Å². The van der Waals surface area contributed by atoms with Crippen LogP contribution in [0.4, 0.5) is 13.2 Å². The monoisotopic (exact) mass is 270 g/mol. The van der Waals surface area contributed by atoms with Crippen LogP contribution in [-0.4, -0.2) is 6.04 Å². The zero-order chi connectivity index (χ0) is 14.5. The molecule has 0 spiro atoms. The fraction of sp³-hybridized carbons (Fsp3) is 0.500. The van der Waals surface area contributed by atoms with E-state index in [1.54, 1.807) is 13.0 Å². The second kappa shape index (κ2) is 6.58. The van der Waals surface area contributed by atoms with E-state index in [-0.39, 0.29) is 18.0 Å². The van der Waals surface area contributed by atoms with Gasteiger partial charge in [0, 0.05) is 12.1 Å². The van der Waals surface area contributed by atoms with Crippen LogP contribution in [0.15, 0.2) is 24.3 Å². The highest BCUT2D eigenvalue weighted by Gasteiger charge is 2.34. The third-order valence-corrected chi connectivity index (χ3v) is 3.05. The number of benzene rings is 1. The van der Waals surface area contributed by atoms with Gasteiger partial charge < -0.3 is 5.32 Å².